The number of aliphatic hydroxyl groups is 2. The number of para-hydroxylation sites is 1. The summed E-state index contributed by atoms with van der Waals surface area (Å²) in [6.45, 7) is 6.92. The van der Waals surface area contributed by atoms with Crippen LogP contribution in [0.2, 0.25) is 0 Å². The van der Waals surface area contributed by atoms with E-state index in [1.165, 1.54) is 0 Å². The van der Waals surface area contributed by atoms with E-state index in [0.29, 0.717) is 26.1 Å². The third-order valence-corrected chi connectivity index (χ3v) is 4.03. The second-order valence-electron chi connectivity index (χ2n) is 5.87. The summed E-state index contributed by atoms with van der Waals surface area (Å²) in [6.07, 6.45) is -0.110. The molecule has 1 aromatic rings. The molecule has 2 rings (SSSR count). The normalized spacial score (nSPS) is 18.9. The van der Waals surface area contributed by atoms with Gasteiger partial charge in [0, 0.05) is 38.4 Å². The first-order chi connectivity index (χ1) is 10.7. The van der Waals surface area contributed by atoms with E-state index in [-0.39, 0.29) is 6.10 Å². The first-order valence-corrected chi connectivity index (χ1v) is 8.15. The number of hydrogen-bond acceptors (Lipinski definition) is 5. The van der Waals surface area contributed by atoms with Crippen LogP contribution < -0.4 is 4.90 Å². The topological polar surface area (TPSA) is 56.2 Å². The molecule has 124 valence electrons. The lowest BCUT2D eigenvalue weighted by Gasteiger charge is -2.33. The Kier molecular flexibility index (Phi) is 7.12. The standard InChI is InChI=1S/C17H28N2O3/c1-2-16(20)13-19(15-6-4-3-5-7-15)14-17(21)12-18-8-10-22-11-9-18/h3-7,16-17,20-21H,2,8-14H2,1H3. The molecule has 22 heavy (non-hydrogen) atoms. The Morgan fingerprint density at radius 3 is 2.36 bits per heavy atom. The molecule has 1 aliphatic rings. The van der Waals surface area contributed by atoms with Gasteiger partial charge in [-0.2, -0.15) is 0 Å². The molecule has 1 heterocycles. The molecule has 2 atom stereocenters. The van der Waals surface area contributed by atoms with Gasteiger partial charge in [0.1, 0.15) is 0 Å². The van der Waals surface area contributed by atoms with Crippen molar-refractivity contribution in [3.05, 3.63) is 30.3 Å². The maximum atomic E-state index is 10.4. The number of rotatable bonds is 8. The summed E-state index contributed by atoms with van der Waals surface area (Å²) < 4.78 is 5.33. The molecular formula is C17H28N2O3. The molecule has 2 N–H and O–H groups in total. The van der Waals surface area contributed by atoms with Crippen molar-refractivity contribution in [3.63, 3.8) is 0 Å². The third kappa shape index (κ3) is 5.57. The summed E-state index contributed by atoms with van der Waals surface area (Å²) in [5.41, 5.74) is 1.04. The Balaban J connectivity index is 1.92. The Morgan fingerprint density at radius 2 is 1.73 bits per heavy atom. The van der Waals surface area contributed by atoms with Gasteiger partial charge in [0.05, 0.1) is 25.4 Å². The molecule has 0 aliphatic carbocycles. The fourth-order valence-corrected chi connectivity index (χ4v) is 2.70. The van der Waals surface area contributed by atoms with Gasteiger partial charge in [0.15, 0.2) is 0 Å². The van der Waals surface area contributed by atoms with E-state index >= 15 is 0 Å². The fraction of sp³-hybridized carbons (Fsp3) is 0.647. The van der Waals surface area contributed by atoms with Crippen LogP contribution in [-0.2, 0) is 4.74 Å². The molecule has 5 nitrogen and oxygen atoms in total. The lowest BCUT2D eigenvalue weighted by atomic mass is 10.2. The molecule has 0 saturated carbocycles. The maximum Gasteiger partial charge on any atom is 0.0841 e. The smallest absolute Gasteiger partial charge is 0.0841 e. The van der Waals surface area contributed by atoms with Crippen molar-refractivity contribution in [2.45, 2.75) is 25.6 Å². The van der Waals surface area contributed by atoms with Crippen molar-refractivity contribution in [2.75, 3.05) is 50.8 Å². The predicted octanol–water partition coefficient (Wildman–Crippen LogP) is 0.957. The van der Waals surface area contributed by atoms with E-state index in [1.54, 1.807) is 0 Å². The number of β-amino-alcohol motifs (C(OH)–C–C–N with tert-alkyl or cyclic N) is 1. The van der Waals surface area contributed by atoms with Gasteiger partial charge >= 0.3 is 0 Å². The van der Waals surface area contributed by atoms with Gasteiger partial charge in [-0.05, 0) is 18.6 Å². The largest absolute Gasteiger partial charge is 0.391 e. The van der Waals surface area contributed by atoms with Crippen LogP contribution in [-0.4, -0.2) is 73.3 Å². The lowest BCUT2D eigenvalue weighted by molar-refractivity contribution is 0.0158. The molecular weight excluding hydrogens is 280 g/mol. The zero-order valence-electron chi connectivity index (χ0n) is 13.4. The highest BCUT2D eigenvalue weighted by atomic mass is 16.5. The molecule has 0 radical (unpaired) electrons. The molecule has 0 spiro atoms. The number of morpholine rings is 1. The average molecular weight is 308 g/mol. The molecule has 1 aliphatic heterocycles. The van der Waals surface area contributed by atoms with Gasteiger partial charge in [-0.25, -0.2) is 0 Å². The van der Waals surface area contributed by atoms with E-state index in [2.05, 4.69) is 9.80 Å². The summed E-state index contributed by atoms with van der Waals surface area (Å²) >= 11 is 0. The van der Waals surface area contributed by atoms with Crippen molar-refractivity contribution in [2.24, 2.45) is 0 Å². The number of hydrogen-bond donors (Lipinski definition) is 2. The molecule has 2 unspecified atom stereocenters. The molecule has 0 bridgehead atoms. The van der Waals surface area contributed by atoms with Crippen molar-refractivity contribution in [1.29, 1.82) is 0 Å². The molecule has 1 saturated heterocycles. The van der Waals surface area contributed by atoms with Gasteiger partial charge < -0.3 is 19.8 Å². The Labute approximate surface area is 133 Å². The summed E-state index contributed by atoms with van der Waals surface area (Å²) in [5.74, 6) is 0. The second-order valence-corrected chi connectivity index (χ2v) is 5.87. The van der Waals surface area contributed by atoms with E-state index in [9.17, 15) is 10.2 Å². The van der Waals surface area contributed by atoms with Crippen LogP contribution in [0.4, 0.5) is 5.69 Å². The van der Waals surface area contributed by atoms with E-state index < -0.39 is 6.10 Å². The van der Waals surface area contributed by atoms with Gasteiger partial charge in [-0.1, -0.05) is 25.1 Å². The molecule has 0 amide bonds. The highest BCUT2D eigenvalue weighted by Gasteiger charge is 2.19. The number of aliphatic hydroxyl groups excluding tert-OH is 2. The van der Waals surface area contributed by atoms with E-state index in [4.69, 9.17) is 4.74 Å². The van der Waals surface area contributed by atoms with E-state index in [1.807, 2.05) is 37.3 Å². The maximum absolute atomic E-state index is 10.4. The monoisotopic (exact) mass is 308 g/mol. The molecule has 5 heteroatoms. The molecule has 1 fully saturated rings. The van der Waals surface area contributed by atoms with Gasteiger partial charge in [0.25, 0.3) is 0 Å². The minimum Gasteiger partial charge on any atom is -0.391 e. The number of benzene rings is 1. The van der Waals surface area contributed by atoms with Crippen molar-refractivity contribution in [3.8, 4) is 0 Å². The number of nitrogens with zero attached hydrogens (tertiary/aromatic N) is 2. The summed E-state index contributed by atoms with van der Waals surface area (Å²) in [4.78, 5) is 4.30. The Morgan fingerprint density at radius 1 is 1.09 bits per heavy atom. The summed E-state index contributed by atoms with van der Waals surface area (Å²) in [6, 6.07) is 9.97. The van der Waals surface area contributed by atoms with Gasteiger partial charge in [-0.3, -0.25) is 4.90 Å². The van der Waals surface area contributed by atoms with Crippen LogP contribution in [0.25, 0.3) is 0 Å². The molecule has 0 aromatic heterocycles. The Bertz CT molecular complexity index is 410. The average Bonchev–Trinajstić information content (AvgIpc) is 2.55. The van der Waals surface area contributed by atoms with Crippen LogP contribution >= 0.6 is 0 Å². The SMILES string of the molecule is CCC(O)CN(CC(O)CN1CCOCC1)c1ccccc1. The number of anilines is 1. The van der Waals surface area contributed by atoms with Crippen LogP contribution in [0.5, 0.6) is 0 Å². The first kappa shape index (κ1) is 17.2. The van der Waals surface area contributed by atoms with Crippen LogP contribution in [0.1, 0.15) is 13.3 Å². The number of ether oxygens (including phenoxy) is 1. The van der Waals surface area contributed by atoms with Gasteiger partial charge in [-0.15, -0.1) is 0 Å². The zero-order chi connectivity index (χ0) is 15.8. The highest BCUT2D eigenvalue weighted by molar-refractivity contribution is 5.46. The van der Waals surface area contributed by atoms with Crippen molar-refractivity contribution < 1.29 is 14.9 Å². The Hall–Kier alpha value is -1.14. The summed E-state index contributed by atoms with van der Waals surface area (Å²) in [5, 5.41) is 20.4. The van der Waals surface area contributed by atoms with Crippen molar-refractivity contribution >= 4 is 5.69 Å². The predicted molar refractivity (Wildman–Crippen MR) is 88.2 cm³/mol. The quantitative estimate of drug-likeness (QED) is 0.749. The highest BCUT2D eigenvalue weighted by Crippen LogP contribution is 2.15. The second kappa shape index (κ2) is 9.10. The minimum absolute atomic E-state index is 0.379. The lowest BCUT2D eigenvalue weighted by Crippen LogP contribution is -2.46. The van der Waals surface area contributed by atoms with Gasteiger partial charge in [0.2, 0.25) is 0 Å². The fourth-order valence-electron chi connectivity index (χ4n) is 2.70. The van der Waals surface area contributed by atoms with Crippen LogP contribution in [0.15, 0.2) is 30.3 Å². The zero-order valence-corrected chi connectivity index (χ0v) is 13.4. The van der Waals surface area contributed by atoms with Crippen LogP contribution in [0, 0.1) is 0 Å². The third-order valence-electron chi connectivity index (χ3n) is 4.03. The molecule has 1 aromatic carbocycles. The van der Waals surface area contributed by atoms with E-state index in [0.717, 1.165) is 32.0 Å². The minimum atomic E-state index is -0.442. The van der Waals surface area contributed by atoms with Crippen molar-refractivity contribution in [1.82, 2.24) is 4.90 Å². The summed E-state index contributed by atoms with van der Waals surface area (Å²) in [7, 11) is 0. The first-order valence-electron chi connectivity index (χ1n) is 8.15. The van der Waals surface area contributed by atoms with Crippen LogP contribution in [0.3, 0.4) is 0 Å².